The summed E-state index contributed by atoms with van der Waals surface area (Å²) in [6.45, 7) is 3.78. The minimum atomic E-state index is -0.172. The van der Waals surface area contributed by atoms with Gasteiger partial charge in [-0.3, -0.25) is 0 Å². The average molecular weight is 449 g/mol. The lowest BCUT2D eigenvalue weighted by molar-refractivity contribution is 0.402. The smallest absolute Gasteiger partial charge is 0.157 e. The van der Waals surface area contributed by atoms with E-state index in [-0.39, 0.29) is 23.0 Å². The molecule has 0 saturated heterocycles. The predicted molar refractivity (Wildman–Crippen MR) is 129 cm³/mol. The maximum atomic E-state index is 11.3. The van der Waals surface area contributed by atoms with Crippen molar-refractivity contribution in [1.82, 2.24) is 0 Å². The molecule has 174 valence electrons. The van der Waals surface area contributed by atoms with E-state index < -0.39 is 0 Å². The molecule has 3 aromatic carbocycles. The largest absolute Gasteiger partial charge is 0.507 e. The van der Waals surface area contributed by atoms with E-state index in [0.717, 1.165) is 64.6 Å². The van der Waals surface area contributed by atoms with Gasteiger partial charge in [0.2, 0.25) is 0 Å². The highest BCUT2D eigenvalue weighted by Crippen LogP contribution is 2.41. The number of phenols is 5. The van der Waals surface area contributed by atoms with Gasteiger partial charge in [0.25, 0.3) is 0 Å². The van der Waals surface area contributed by atoms with Gasteiger partial charge in [-0.2, -0.15) is 0 Å². The van der Waals surface area contributed by atoms with Crippen LogP contribution < -0.4 is 0 Å². The molecule has 3 aromatic rings. The molecule has 0 unspecified atom stereocenters. The quantitative estimate of drug-likeness (QED) is 0.305. The normalized spacial score (nSPS) is 14.5. The third kappa shape index (κ3) is 4.87. The van der Waals surface area contributed by atoms with Crippen molar-refractivity contribution in [3.05, 3.63) is 75.3 Å². The SMILES string of the molecule is Cc1cc(O)c(O)cc1Cc1cc(Cc2cc(O)c(O)cc2C)c(O)c(C2CCCCC2)c1. The van der Waals surface area contributed by atoms with E-state index in [1.54, 1.807) is 18.2 Å². The number of benzene rings is 3. The summed E-state index contributed by atoms with van der Waals surface area (Å²) in [5.41, 5.74) is 6.25. The van der Waals surface area contributed by atoms with Gasteiger partial charge in [0.05, 0.1) is 0 Å². The second kappa shape index (κ2) is 9.26. The van der Waals surface area contributed by atoms with Crippen LogP contribution in [0.5, 0.6) is 28.7 Å². The molecule has 4 rings (SSSR count). The molecule has 1 fully saturated rings. The van der Waals surface area contributed by atoms with E-state index in [1.807, 2.05) is 19.9 Å². The van der Waals surface area contributed by atoms with Gasteiger partial charge in [-0.1, -0.05) is 31.4 Å². The molecule has 0 heterocycles. The zero-order valence-electron chi connectivity index (χ0n) is 19.2. The summed E-state index contributed by atoms with van der Waals surface area (Å²) < 4.78 is 0. The topological polar surface area (TPSA) is 101 Å². The number of rotatable bonds is 5. The van der Waals surface area contributed by atoms with Crippen molar-refractivity contribution in [2.45, 2.75) is 64.7 Å². The van der Waals surface area contributed by atoms with Gasteiger partial charge in [-0.25, -0.2) is 0 Å². The van der Waals surface area contributed by atoms with Crippen molar-refractivity contribution >= 4 is 0 Å². The molecular formula is C28H32O5. The lowest BCUT2D eigenvalue weighted by Gasteiger charge is -2.25. The van der Waals surface area contributed by atoms with Crippen molar-refractivity contribution in [2.75, 3.05) is 0 Å². The molecule has 5 N–H and O–H groups in total. The maximum absolute atomic E-state index is 11.3. The maximum Gasteiger partial charge on any atom is 0.157 e. The number of hydrogen-bond acceptors (Lipinski definition) is 5. The Morgan fingerprint density at radius 2 is 1.12 bits per heavy atom. The molecule has 1 aliphatic carbocycles. The fourth-order valence-corrected chi connectivity index (χ4v) is 5.00. The summed E-state index contributed by atoms with van der Waals surface area (Å²) in [5.74, 6) is 0.0168. The Morgan fingerprint density at radius 1 is 0.606 bits per heavy atom. The Labute approximate surface area is 194 Å². The number of aryl methyl sites for hydroxylation is 2. The first-order chi connectivity index (χ1) is 15.7. The first-order valence-corrected chi connectivity index (χ1v) is 11.6. The van der Waals surface area contributed by atoms with Gasteiger partial charge >= 0.3 is 0 Å². The lowest BCUT2D eigenvalue weighted by Crippen LogP contribution is -2.07. The van der Waals surface area contributed by atoms with Crippen molar-refractivity contribution in [3.63, 3.8) is 0 Å². The summed E-state index contributed by atoms with van der Waals surface area (Å²) in [6.07, 6.45) is 6.62. The van der Waals surface area contributed by atoms with Gasteiger partial charge in [0.15, 0.2) is 23.0 Å². The molecule has 0 atom stereocenters. The van der Waals surface area contributed by atoms with Crippen LogP contribution in [0.25, 0.3) is 0 Å². The molecule has 0 radical (unpaired) electrons. The Morgan fingerprint density at radius 3 is 1.70 bits per heavy atom. The van der Waals surface area contributed by atoms with E-state index in [0.29, 0.717) is 24.5 Å². The Kier molecular flexibility index (Phi) is 6.41. The second-order valence-corrected chi connectivity index (χ2v) is 9.42. The molecule has 5 nitrogen and oxygen atoms in total. The molecule has 0 spiro atoms. The average Bonchev–Trinajstić information content (AvgIpc) is 2.78. The number of hydrogen-bond donors (Lipinski definition) is 5. The van der Waals surface area contributed by atoms with Crippen LogP contribution in [0.4, 0.5) is 0 Å². The summed E-state index contributed by atoms with van der Waals surface area (Å²) in [5, 5.41) is 50.9. The Hall–Kier alpha value is -3.34. The lowest BCUT2D eigenvalue weighted by atomic mass is 9.81. The molecule has 1 saturated carbocycles. The third-order valence-corrected chi connectivity index (χ3v) is 6.96. The predicted octanol–water partition coefficient (Wildman–Crippen LogP) is 6.06. The number of aromatic hydroxyl groups is 5. The zero-order valence-corrected chi connectivity index (χ0v) is 19.2. The molecule has 0 aromatic heterocycles. The fraction of sp³-hybridized carbons (Fsp3) is 0.357. The Bertz CT molecular complexity index is 1180. The van der Waals surface area contributed by atoms with E-state index >= 15 is 0 Å². The minimum Gasteiger partial charge on any atom is -0.507 e. The van der Waals surface area contributed by atoms with Gasteiger partial charge in [0, 0.05) is 6.42 Å². The van der Waals surface area contributed by atoms with Crippen LogP contribution in [-0.2, 0) is 12.8 Å². The fourth-order valence-electron chi connectivity index (χ4n) is 5.00. The highest BCUT2D eigenvalue weighted by Gasteiger charge is 2.22. The monoisotopic (exact) mass is 448 g/mol. The molecule has 1 aliphatic rings. The summed E-state index contributed by atoms with van der Waals surface area (Å²) >= 11 is 0. The van der Waals surface area contributed by atoms with Crippen molar-refractivity contribution in [3.8, 4) is 28.7 Å². The van der Waals surface area contributed by atoms with Crippen LogP contribution in [0.15, 0.2) is 36.4 Å². The molecule has 0 amide bonds. The number of phenolic OH excluding ortho intramolecular Hbond substituents is 5. The van der Waals surface area contributed by atoms with Gasteiger partial charge < -0.3 is 25.5 Å². The summed E-state index contributed by atoms with van der Waals surface area (Å²) in [7, 11) is 0. The van der Waals surface area contributed by atoms with E-state index in [1.165, 1.54) is 12.5 Å². The first kappa shape index (κ1) is 22.8. The van der Waals surface area contributed by atoms with Crippen LogP contribution in [0.1, 0.15) is 77.0 Å². The Balaban J connectivity index is 1.77. The van der Waals surface area contributed by atoms with Crippen molar-refractivity contribution in [1.29, 1.82) is 0 Å². The summed E-state index contributed by atoms with van der Waals surface area (Å²) in [4.78, 5) is 0. The molecular weight excluding hydrogens is 416 g/mol. The minimum absolute atomic E-state index is 0.131. The second-order valence-electron chi connectivity index (χ2n) is 9.42. The highest BCUT2D eigenvalue weighted by molar-refractivity contribution is 5.53. The van der Waals surface area contributed by atoms with Crippen LogP contribution in [0.3, 0.4) is 0 Å². The van der Waals surface area contributed by atoms with E-state index in [9.17, 15) is 25.5 Å². The first-order valence-electron chi connectivity index (χ1n) is 11.6. The van der Waals surface area contributed by atoms with Crippen LogP contribution in [0.2, 0.25) is 0 Å². The van der Waals surface area contributed by atoms with Crippen molar-refractivity contribution in [2.24, 2.45) is 0 Å². The standard InChI is InChI=1S/C28H32O5/c1-16-8-24(29)26(31)14-20(16)10-18-11-22(13-21-15-27(32)25(30)9-17(21)2)28(33)23(12-18)19-6-4-3-5-7-19/h8-9,11-12,14-15,19,29-33H,3-7,10,13H2,1-2H3. The van der Waals surface area contributed by atoms with Crippen LogP contribution in [-0.4, -0.2) is 25.5 Å². The molecule has 0 bridgehead atoms. The van der Waals surface area contributed by atoms with E-state index in [4.69, 9.17) is 0 Å². The summed E-state index contributed by atoms with van der Waals surface area (Å²) in [6, 6.07) is 10.3. The molecule has 0 aliphatic heterocycles. The van der Waals surface area contributed by atoms with E-state index in [2.05, 4.69) is 6.07 Å². The zero-order chi connectivity index (χ0) is 23.7. The van der Waals surface area contributed by atoms with Crippen molar-refractivity contribution < 1.29 is 25.5 Å². The highest BCUT2D eigenvalue weighted by atomic mass is 16.3. The van der Waals surface area contributed by atoms with Gasteiger partial charge in [-0.15, -0.1) is 0 Å². The van der Waals surface area contributed by atoms with Gasteiger partial charge in [0.1, 0.15) is 5.75 Å². The van der Waals surface area contributed by atoms with Gasteiger partial charge in [-0.05, 0) is 102 Å². The molecule has 33 heavy (non-hydrogen) atoms. The molecule has 5 heteroatoms. The van der Waals surface area contributed by atoms with Crippen LogP contribution >= 0.6 is 0 Å². The third-order valence-electron chi connectivity index (χ3n) is 6.96. The van der Waals surface area contributed by atoms with Crippen LogP contribution in [0, 0.1) is 13.8 Å².